The molecule has 1 radical (unpaired) electrons. The minimum absolute atomic E-state index is 0.0663. The minimum atomic E-state index is -1.65. The first-order valence-corrected chi connectivity index (χ1v) is 15.8. The van der Waals surface area contributed by atoms with E-state index in [0.29, 0.717) is 30.0 Å². The summed E-state index contributed by atoms with van der Waals surface area (Å²) in [6, 6.07) is 31.8. The molecule has 0 bridgehead atoms. The van der Waals surface area contributed by atoms with Crippen LogP contribution in [0.5, 0.6) is 0 Å². The van der Waals surface area contributed by atoms with Crippen molar-refractivity contribution in [2.24, 2.45) is 5.92 Å². The molecule has 2 N–H and O–H groups in total. The Balaban J connectivity index is 1.56. The van der Waals surface area contributed by atoms with Crippen LogP contribution >= 0.6 is 0 Å². The van der Waals surface area contributed by atoms with Crippen molar-refractivity contribution in [2.75, 3.05) is 12.3 Å². The number of imidazole rings is 1. The lowest BCUT2D eigenvalue weighted by atomic mass is 9.99. The molecule has 3 aromatic carbocycles. The van der Waals surface area contributed by atoms with Gasteiger partial charge in [-0.1, -0.05) is 114 Å². The quantitative estimate of drug-likeness (QED) is 0.267. The van der Waals surface area contributed by atoms with Gasteiger partial charge in [0.2, 0.25) is 0 Å². The van der Waals surface area contributed by atoms with E-state index in [0.717, 1.165) is 5.56 Å². The molecule has 42 heavy (non-hydrogen) atoms. The number of nitrogens with zero attached hydrogens (tertiary/aromatic N) is 4. The van der Waals surface area contributed by atoms with Crippen molar-refractivity contribution in [3.63, 3.8) is 0 Å². The van der Waals surface area contributed by atoms with Gasteiger partial charge in [-0.15, -0.1) is 0 Å². The Hall–Kier alpha value is -4.11. The highest BCUT2D eigenvalue weighted by molar-refractivity contribution is 6.86. The van der Waals surface area contributed by atoms with E-state index in [1.165, 1.54) is 16.7 Å². The molecule has 3 atom stereocenters. The molecule has 1 aliphatic rings. The summed E-state index contributed by atoms with van der Waals surface area (Å²) < 4.78 is 15.9. The fourth-order valence-corrected chi connectivity index (χ4v) is 9.10. The van der Waals surface area contributed by atoms with Crippen LogP contribution in [0.4, 0.5) is 5.82 Å². The van der Waals surface area contributed by atoms with Crippen LogP contribution in [0, 0.1) is 5.92 Å². The van der Waals surface area contributed by atoms with E-state index < -0.39 is 14.1 Å². The van der Waals surface area contributed by atoms with Gasteiger partial charge in [0.1, 0.15) is 17.2 Å². The summed E-state index contributed by atoms with van der Waals surface area (Å²) in [6.45, 7) is 6.69. The predicted molar refractivity (Wildman–Crippen MR) is 170 cm³/mol. The van der Waals surface area contributed by atoms with Gasteiger partial charge in [-0.05, 0) is 26.3 Å². The molecular weight excluding hydrogens is 538 g/mol. The smallest absolute Gasteiger partial charge is 0.187 e. The number of anilines is 1. The van der Waals surface area contributed by atoms with Crippen LogP contribution in [0.15, 0.2) is 110 Å². The average molecular weight is 575 g/mol. The Kier molecular flexibility index (Phi) is 7.77. The number of hydrogen-bond acceptors (Lipinski definition) is 6. The minimum Gasteiger partial charge on any atom is -0.382 e. The zero-order valence-corrected chi connectivity index (χ0v) is 25.2. The van der Waals surface area contributed by atoms with Crippen LogP contribution in [0.1, 0.15) is 32.8 Å². The maximum Gasteiger partial charge on any atom is 0.187 e. The lowest BCUT2D eigenvalue weighted by Gasteiger charge is -2.38. The van der Waals surface area contributed by atoms with Crippen LogP contribution < -0.4 is 16.1 Å². The summed E-state index contributed by atoms with van der Waals surface area (Å²) in [7, 11) is -1.65. The number of aromatic nitrogens is 4. The van der Waals surface area contributed by atoms with Gasteiger partial charge in [-0.3, -0.25) is 4.57 Å². The highest BCUT2D eigenvalue weighted by Gasteiger charge is 2.55. The molecule has 213 valence electrons. The number of hydrogen-bond donors (Lipinski definition) is 1. The van der Waals surface area contributed by atoms with Gasteiger partial charge in [0.15, 0.2) is 20.3 Å². The van der Waals surface area contributed by atoms with Crippen molar-refractivity contribution in [3.05, 3.63) is 115 Å². The number of nitrogens with two attached hydrogens (primary N) is 1. The molecule has 0 aliphatic carbocycles. The standard InChI is InChI=1S/C34H36N5O2Si/c1-33(2,3)40-22-29-26(20-19-25-13-7-4-8-14-25)21-34(41-29,39-24-38-30-31(35)36-23-37-32(30)39)42(27-15-9-5-10-16-27)28-17-11-6-12-18-28/h4-20,23-24,26,29H,21-22H2,1-3H3,(H2,35,36,37)/t26-,29+,34-/m0/s1. The first-order chi connectivity index (χ1) is 20.3. The summed E-state index contributed by atoms with van der Waals surface area (Å²) in [5, 5.41) is 1.68. The Morgan fingerprint density at radius 2 is 1.55 bits per heavy atom. The van der Waals surface area contributed by atoms with E-state index in [4.69, 9.17) is 20.2 Å². The Morgan fingerprint density at radius 3 is 2.17 bits per heavy atom. The second-order valence-corrected chi connectivity index (χ2v) is 14.3. The van der Waals surface area contributed by atoms with E-state index in [9.17, 15) is 0 Å². The molecule has 1 aliphatic heterocycles. The zero-order valence-electron chi connectivity index (χ0n) is 24.2. The number of nitrogen functional groups attached to an aromatic ring is 1. The topological polar surface area (TPSA) is 88.1 Å². The van der Waals surface area contributed by atoms with E-state index in [1.807, 2.05) is 12.4 Å². The fourth-order valence-electron chi connectivity index (χ4n) is 5.70. The van der Waals surface area contributed by atoms with Crippen LogP contribution in [0.25, 0.3) is 17.2 Å². The highest BCUT2D eigenvalue weighted by atomic mass is 28.3. The van der Waals surface area contributed by atoms with Crippen molar-refractivity contribution in [1.82, 2.24) is 19.5 Å². The zero-order chi connectivity index (χ0) is 29.2. The number of ether oxygens (including phenoxy) is 2. The molecule has 7 nitrogen and oxygen atoms in total. The second kappa shape index (κ2) is 11.6. The van der Waals surface area contributed by atoms with Crippen molar-refractivity contribution < 1.29 is 9.47 Å². The molecule has 0 saturated carbocycles. The Bertz CT molecular complexity index is 1610. The Morgan fingerprint density at radius 1 is 0.929 bits per heavy atom. The van der Waals surface area contributed by atoms with Crippen LogP contribution in [-0.2, 0) is 14.8 Å². The van der Waals surface area contributed by atoms with Gasteiger partial charge < -0.3 is 15.2 Å². The van der Waals surface area contributed by atoms with E-state index in [-0.39, 0.29) is 17.6 Å². The summed E-state index contributed by atoms with van der Waals surface area (Å²) in [4.78, 5) is 13.6. The maximum absolute atomic E-state index is 7.40. The first kappa shape index (κ1) is 28.0. The number of fused-ring (bicyclic) bond motifs is 1. The molecule has 6 rings (SSSR count). The van der Waals surface area contributed by atoms with Crippen LogP contribution in [-0.4, -0.2) is 46.6 Å². The van der Waals surface area contributed by atoms with Gasteiger partial charge in [0, 0.05) is 12.3 Å². The third-order valence-electron chi connectivity index (χ3n) is 7.62. The molecule has 1 saturated heterocycles. The summed E-state index contributed by atoms with van der Waals surface area (Å²) in [6.07, 6.45) is 8.32. The van der Waals surface area contributed by atoms with Gasteiger partial charge in [-0.25, -0.2) is 15.0 Å². The predicted octanol–water partition coefficient (Wildman–Crippen LogP) is 4.84. The summed E-state index contributed by atoms with van der Waals surface area (Å²) >= 11 is 0. The highest BCUT2D eigenvalue weighted by Crippen LogP contribution is 2.44. The molecule has 8 heteroatoms. The van der Waals surface area contributed by atoms with E-state index in [2.05, 4.69) is 132 Å². The second-order valence-electron chi connectivity index (χ2n) is 11.7. The van der Waals surface area contributed by atoms with Crippen molar-refractivity contribution in [3.8, 4) is 0 Å². The van der Waals surface area contributed by atoms with Gasteiger partial charge in [-0.2, -0.15) is 0 Å². The van der Waals surface area contributed by atoms with E-state index in [1.54, 1.807) is 0 Å². The lowest BCUT2D eigenvalue weighted by Crippen LogP contribution is -2.61. The summed E-state index contributed by atoms with van der Waals surface area (Å²) in [5.74, 6) is 0.421. The molecule has 5 aromatic rings. The largest absolute Gasteiger partial charge is 0.382 e. The van der Waals surface area contributed by atoms with Crippen LogP contribution in [0.3, 0.4) is 0 Å². The van der Waals surface area contributed by atoms with Crippen molar-refractivity contribution in [1.29, 1.82) is 0 Å². The molecule has 0 amide bonds. The molecular formula is C34H36N5O2Si. The molecule has 0 unspecified atom stereocenters. The van der Waals surface area contributed by atoms with Gasteiger partial charge in [0.25, 0.3) is 0 Å². The van der Waals surface area contributed by atoms with Crippen molar-refractivity contribution >= 4 is 42.2 Å². The average Bonchev–Trinajstić information content (AvgIpc) is 3.60. The number of benzene rings is 3. The third kappa shape index (κ3) is 5.65. The van der Waals surface area contributed by atoms with E-state index >= 15 is 0 Å². The lowest BCUT2D eigenvalue weighted by molar-refractivity contribution is -0.102. The molecule has 0 spiro atoms. The van der Waals surface area contributed by atoms with Crippen LogP contribution in [0.2, 0.25) is 0 Å². The van der Waals surface area contributed by atoms with Gasteiger partial charge in [0.05, 0.1) is 24.6 Å². The Labute approximate surface area is 248 Å². The molecule has 2 aromatic heterocycles. The van der Waals surface area contributed by atoms with Gasteiger partial charge >= 0.3 is 0 Å². The monoisotopic (exact) mass is 574 g/mol. The maximum atomic E-state index is 7.40. The van der Waals surface area contributed by atoms with Crippen molar-refractivity contribution in [2.45, 2.75) is 44.2 Å². The molecule has 3 heterocycles. The SMILES string of the molecule is CC(C)(C)OC[C@H]1O[C@](n2cnc3c(N)ncnc32)([Si](c2ccccc2)c2ccccc2)C[C@@H]1C=Cc1ccccc1. The first-order valence-electron chi connectivity index (χ1n) is 14.3. The summed E-state index contributed by atoms with van der Waals surface area (Å²) in [5.41, 5.74) is 8.37. The molecule has 1 fully saturated rings. The number of rotatable bonds is 8. The fraction of sp³-hybridized carbons (Fsp3) is 0.265. The third-order valence-corrected chi connectivity index (χ3v) is 10.8. The normalized spacial score (nSPS) is 21.0.